The van der Waals surface area contributed by atoms with E-state index in [0.717, 1.165) is 6.42 Å². The van der Waals surface area contributed by atoms with E-state index in [9.17, 15) is 9.59 Å². The van der Waals surface area contributed by atoms with Gasteiger partial charge in [0.05, 0.1) is 0 Å². The number of nitrogens with one attached hydrogen (secondary N) is 2. The minimum Gasteiger partial charge on any atom is -0.480 e. The van der Waals surface area contributed by atoms with Crippen molar-refractivity contribution >= 4 is 12.0 Å². The molecule has 0 spiro atoms. The van der Waals surface area contributed by atoms with Crippen LogP contribution in [0.3, 0.4) is 0 Å². The minimum atomic E-state index is -1.16. The zero-order valence-electron chi connectivity index (χ0n) is 10.5. The second kappa shape index (κ2) is 6.35. The molecule has 0 radical (unpaired) electrons. The first-order valence-corrected chi connectivity index (χ1v) is 5.73. The van der Waals surface area contributed by atoms with Crippen LogP contribution in [0.1, 0.15) is 47.0 Å². The van der Waals surface area contributed by atoms with Gasteiger partial charge in [0, 0.05) is 6.04 Å². The highest BCUT2D eigenvalue weighted by Gasteiger charge is 2.36. The second-order valence-electron chi connectivity index (χ2n) is 4.00. The molecule has 0 aromatic rings. The van der Waals surface area contributed by atoms with Gasteiger partial charge in [-0.3, -0.25) is 0 Å². The SMILES string of the molecule is CCC(C)NC(=O)NC(CC)(CC)C(=O)O. The number of carbonyl (C=O) groups excluding carboxylic acids is 1. The molecule has 1 unspecified atom stereocenters. The Bertz CT molecular complexity index is 250. The summed E-state index contributed by atoms with van der Waals surface area (Å²) in [6, 6.07) is -0.374. The van der Waals surface area contributed by atoms with Gasteiger partial charge in [-0.15, -0.1) is 0 Å². The fourth-order valence-corrected chi connectivity index (χ4v) is 1.36. The highest BCUT2D eigenvalue weighted by molar-refractivity contribution is 5.86. The Kier molecular flexibility index (Phi) is 5.85. The van der Waals surface area contributed by atoms with Crippen LogP contribution in [-0.4, -0.2) is 28.7 Å². The highest BCUT2D eigenvalue weighted by atomic mass is 16.4. The Labute approximate surface area is 96.6 Å². The molecule has 16 heavy (non-hydrogen) atoms. The molecule has 2 amide bonds. The third-order valence-corrected chi connectivity index (χ3v) is 2.96. The topological polar surface area (TPSA) is 78.4 Å². The number of carboxylic acids is 1. The molecular formula is C11H22N2O3. The van der Waals surface area contributed by atoms with Crippen LogP contribution in [0.5, 0.6) is 0 Å². The van der Waals surface area contributed by atoms with Crippen molar-refractivity contribution in [1.82, 2.24) is 10.6 Å². The van der Waals surface area contributed by atoms with E-state index in [-0.39, 0.29) is 6.04 Å². The summed E-state index contributed by atoms with van der Waals surface area (Å²) in [4.78, 5) is 22.7. The molecule has 0 saturated carbocycles. The Morgan fingerprint density at radius 2 is 1.75 bits per heavy atom. The molecule has 0 bridgehead atoms. The molecule has 0 rings (SSSR count). The summed E-state index contributed by atoms with van der Waals surface area (Å²) >= 11 is 0. The van der Waals surface area contributed by atoms with Crippen molar-refractivity contribution in [2.45, 2.75) is 58.5 Å². The van der Waals surface area contributed by atoms with Crippen LogP contribution in [0.4, 0.5) is 4.79 Å². The number of aliphatic carboxylic acids is 1. The van der Waals surface area contributed by atoms with E-state index < -0.39 is 17.5 Å². The van der Waals surface area contributed by atoms with Crippen LogP contribution >= 0.6 is 0 Å². The van der Waals surface area contributed by atoms with E-state index in [0.29, 0.717) is 12.8 Å². The van der Waals surface area contributed by atoms with Crippen molar-refractivity contribution in [3.63, 3.8) is 0 Å². The van der Waals surface area contributed by atoms with Crippen LogP contribution in [0, 0.1) is 0 Å². The fraction of sp³-hybridized carbons (Fsp3) is 0.818. The number of amides is 2. The average molecular weight is 230 g/mol. The number of hydrogen-bond donors (Lipinski definition) is 3. The van der Waals surface area contributed by atoms with Gasteiger partial charge >= 0.3 is 12.0 Å². The first kappa shape index (κ1) is 14.7. The molecule has 0 aliphatic carbocycles. The maximum Gasteiger partial charge on any atom is 0.329 e. The number of carboxylic acid groups (broad SMARTS) is 1. The first-order valence-electron chi connectivity index (χ1n) is 5.73. The van der Waals surface area contributed by atoms with E-state index in [2.05, 4.69) is 10.6 Å². The molecule has 0 saturated heterocycles. The molecule has 0 heterocycles. The van der Waals surface area contributed by atoms with Crippen molar-refractivity contribution in [3.8, 4) is 0 Å². The normalized spacial score (nSPS) is 13.0. The molecule has 0 aromatic heterocycles. The van der Waals surface area contributed by atoms with Gasteiger partial charge < -0.3 is 15.7 Å². The van der Waals surface area contributed by atoms with E-state index in [4.69, 9.17) is 5.11 Å². The molecule has 3 N–H and O–H groups in total. The van der Waals surface area contributed by atoms with Crippen LogP contribution in [0.2, 0.25) is 0 Å². The number of rotatable bonds is 6. The lowest BCUT2D eigenvalue weighted by Gasteiger charge is -2.28. The molecule has 0 aliphatic rings. The van der Waals surface area contributed by atoms with Crippen molar-refractivity contribution in [2.24, 2.45) is 0 Å². The number of urea groups is 1. The molecule has 94 valence electrons. The zero-order valence-corrected chi connectivity index (χ0v) is 10.5. The quantitative estimate of drug-likeness (QED) is 0.650. The van der Waals surface area contributed by atoms with E-state index in [1.807, 2.05) is 13.8 Å². The van der Waals surface area contributed by atoms with Gasteiger partial charge in [0.2, 0.25) is 0 Å². The third-order valence-electron chi connectivity index (χ3n) is 2.96. The summed E-state index contributed by atoms with van der Waals surface area (Å²) in [6.45, 7) is 7.33. The van der Waals surface area contributed by atoms with Crippen molar-refractivity contribution in [2.75, 3.05) is 0 Å². The Morgan fingerprint density at radius 1 is 1.25 bits per heavy atom. The zero-order chi connectivity index (χ0) is 12.8. The lowest BCUT2D eigenvalue weighted by Crippen LogP contribution is -2.57. The Morgan fingerprint density at radius 3 is 2.06 bits per heavy atom. The predicted octanol–water partition coefficient (Wildman–Crippen LogP) is 1.73. The summed E-state index contributed by atoms with van der Waals surface area (Å²) in [5.41, 5.74) is -1.16. The highest BCUT2D eigenvalue weighted by Crippen LogP contribution is 2.15. The number of hydrogen-bond acceptors (Lipinski definition) is 2. The van der Waals surface area contributed by atoms with E-state index >= 15 is 0 Å². The van der Waals surface area contributed by atoms with Crippen molar-refractivity contribution in [1.29, 1.82) is 0 Å². The van der Waals surface area contributed by atoms with E-state index in [1.165, 1.54) is 0 Å². The van der Waals surface area contributed by atoms with Gasteiger partial charge in [-0.2, -0.15) is 0 Å². The van der Waals surface area contributed by atoms with Crippen LogP contribution in [0.25, 0.3) is 0 Å². The van der Waals surface area contributed by atoms with Crippen molar-refractivity contribution in [3.05, 3.63) is 0 Å². The molecule has 0 aromatic carbocycles. The number of carbonyl (C=O) groups is 2. The molecular weight excluding hydrogens is 208 g/mol. The Hall–Kier alpha value is -1.26. The smallest absolute Gasteiger partial charge is 0.329 e. The van der Waals surface area contributed by atoms with E-state index in [1.54, 1.807) is 13.8 Å². The van der Waals surface area contributed by atoms with Gasteiger partial charge in [0.25, 0.3) is 0 Å². The summed E-state index contributed by atoms with van der Waals surface area (Å²) < 4.78 is 0. The van der Waals surface area contributed by atoms with Gasteiger partial charge in [-0.25, -0.2) is 9.59 Å². The lowest BCUT2D eigenvalue weighted by atomic mass is 9.93. The monoisotopic (exact) mass is 230 g/mol. The maximum absolute atomic E-state index is 11.6. The van der Waals surface area contributed by atoms with Crippen LogP contribution in [-0.2, 0) is 4.79 Å². The van der Waals surface area contributed by atoms with Gasteiger partial charge in [-0.05, 0) is 26.2 Å². The summed E-state index contributed by atoms with van der Waals surface area (Å²) in [5.74, 6) is -0.989. The molecule has 0 aliphatic heterocycles. The van der Waals surface area contributed by atoms with Gasteiger partial charge in [0.1, 0.15) is 5.54 Å². The standard InChI is InChI=1S/C11H22N2O3/c1-5-8(4)12-10(16)13-11(6-2,7-3)9(14)15/h8H,5-7H2,1-4H3,(H,14,15)(H2,12,13,16). The molecule has 1 atom stereocenters. The molecule has 0 fully saturated rings. The first-order chi connectivity index (χ1) is 7.41. The maximum atomic E-state index is 11.6. The minimum absolute atomic E-state index is 0.0419. The summed E-state index contributed by atoms with van der Waals surface area (Å²) in [6.07, 6.45) is 1.55. The average Bonchev–Trinajstić information content (AvgIpc) is 2.25. The van der Waals surface area contributed by atoms with Gasteiger partial charge in [-0.1, -0.05) is 20.8 Å². The predicted molar refractivity (Wildman–Crippen MR) is 62.4 cm³/mol. The van der Waals surface area contributed by atoms with Crippen LogP contribution in [0.15, 0.2) is 0 Å². The lowest BCUT2D eigenvalue weighted by molar-refractivity contribution is -0.144. The van der Waals surface area contributed by atoms with Crippen molar-refractivity contribution < 1.29 is 14.7 Å². The Balaban J connectivity index is 4.52. The molecule has 5 heteroatoms. The largest absolute Gasteiger partial charge is 0.480 e. The van der Waals surface area contributed by atoms with Crippen LogP contribution < -0.4 is 10.6 Å². The third kappa shape index (κ3) is 3.72. The van der Waals surface area contributed by atoms with Gasteiger partial charge in [0.15, 0.2) is 0 Å². The fourth-order valence-electron chi connectivity index (χ4n) is 1.36. The molecule has 5 nitrogen and oxygen atoms in total. The second-order valence-corrected chi connectivity index (χ2v) is 4.00. The summed E-state index contributed by atoms with van der Waals surface area (Å²) in [7, 11) is 0. The summed E-state index contributed by atoms with van der Waals surface area (Å²) in [5, 5.41) is 14.4.